The number of ether oxygens (including phenoxy) is 5. The number of furan rings is 1. The van der Waals surface area contributed by atoms with Crippen molar-refractivity contribution in [3.63, 3.8) is 0 Å². The molecule has 5 rings (SSSR count). The number of rotatable bonds is 10. The number of para-hydroxylation sites is 1. The number of aromatic hydroxyl groups is 1. The number of aliphatic hydroxyl groups excluding tert-OH is 1. The summed E-state index contributed by atoms with van der Waals surface area (Å²) >= 11 is 0. The van der Waals surface area contributed by atoms with Gasteiger partial charge in [-0.25, -0.2) is 0 Å². The number of fused-ring (bicyclic) bond motifs is 1. The van der Waals surface area contributed by atoms with Crippen LogP contribution < -0.4 is 14.2 Å². The van der Waals surface area contributed by atoms with E-state index in [4.69, 9.17) is 28.1 Å². The Morgan fingerprint density at radius 1 is 1.07 bits per heavy atom. The maximum atomic E-state index is 12.4. The largest absolute Gasteiger partial charge is 0.502 e. The molecule has 6 unspecified atom stereocenters. The minimum atomic E-state index is -1.99. The third-order valence-electron chi connectivity index (χ3n) is 7.92. The Labute approximate surface area is 231 Å². The first-order chi connectivity index (χ1) is 19.3. The van der Waals surface area contributed by atoms with Crippen LogP contribution in [0.4, 0.5) is 0 Å². The first-order valence-electron chi connectivity index (χ1n) is 12.9. The molecule has 0 bridgehead atoms. The number of methoxy groups -OCH3 is 3. The van der Waals surface area contributed by atoms with Gasteiger partial charge in [-0.05, 0) is 42.3 Å². The molecule has 0 saturated heterocycles. The Morgan fingerprint density at radius 2 is 1.77 bits per heavy atom. The average molecular weight is 555 g/mol. The van der Waals surface area contributed by atoms with Crippen LogP contribution in [-0.4, -0.2) is 60.3 Å². The van der Waals surface area contributed by atoms with Crippen LogP contribution in [0.1, 0.15) is 29.2 Å². The lowest BCUT2D eigenvalue weighted by Crippen LogP contribution is -2.56. The first kappa shape index (κ1) is 28.0. The van der Waals surface area contributed by atoms with Gasteiger partial charge in [-0.2, -0.15) is 0 Å². The van der Waals surface area contributed by atoms with Crippen molar-refractivity contribution in [2.24, 2.45) is 11.8 Å². The van der Waals surface area contributed by atoms with Crippen molar-refractivity contribution in [2.45, 2.75) is 36.6 Å². The Bertz CT molecular complexity index is 1310. The molecule has 2 aromatic carbocycles. The van der Waals surface area contributed by atoms with Gasteiger partial charge in [-0.3, -0.25) is 0 Å². The molecule has 3 aromatic rings. The molecule has 10 nitrogen and oxygen atoms in total. The lowest BCUT2D eigenvalue weighted by molar-refractivity contribution is -0.248. The second kappa shape index (κ2) is 11.1. The molecule has 2 heterocycles. The molecule has 0 saturated carbocycles. The predicted octanol–water partition coefficient (Wildman–Crippen LogP) is 3.43. The zero-order valence-electron chi connectivity index (χ0n) is 22.5. The molecule has 0 spiro atoms. The molecule has 6 atom stereocenters. The lowest BCUT2D eigenvalue weighted by Gasteiger charge is -2.47. The zero-order valence-corrected chi connectivity index (χ0v) is 22.5. The highest BCUT2D eigenvalue weighted by atomic mass is 16.6. The fourth-order valence-electron chi connectivity index (χ4n) is 5.70. The fourth-order valence-corrected chi connectivity index (χ4v) is 5.70. The molecular formula is C30H34O10. The van der Waals surface area contributed by atoms with Crippen LogP contribution in [0.15, 0.2) is 71.6 Å². The van der Waals surface area contributed by atoms with Gasteiger partial charge >= 0.3 is 0 Å². The Balaban J connectivity index is 1.57. The van der Waals surface area contributed by atoms with Crippen LogP contribution in [0.3, 0.4) is 0 Å². The lowest BCUT2D eigenvalue weighted by atomic mass is 9.71. The van der Waals surface area contributed by atoms with Gasteiger partial charge in [0.25, 0.3) is 0 Å². The van der Waals surface area contributed by atoms with E-state index in [1.807, 2.05) is 6.07 Å². The van der Waals surface area contributed by atoms with Gasteiger partial charge in [0, 0.05) is 24.2 Å². The van der Waals surface area contributed by atoms with Gasteiger partial charge < -0.3 is 48.5 Å². The van der Waals surface area contributed by atoms with Crippen LogP contribution in [0.2, 0.25) is 0 Å². The topological polar surface area (TPSA) is 140 Å². The standard InChI is InChI=1S/C30H34O10/c1-35-24-11-20(12-25(36-2)27(24)32)29(33)10-9-19(13-26(29)37-3)30(34,40-21-7-5-4-6-8-21)23(14-31)28-22-17-38-15-18(22)16-39-28/h4-12,15,17,19,23,26,28,31-34H,13-14,16H2,1-3H3. The SMILES string of the molecule is COc1cc(C2(O)C=CC(C(O)(Oc3ccccc3)C(CO)C3OCc4cocc43)CC2OC)cc(OC)c1O. The average Bonchev–Trinajstić information content (AvgIpc) is 3.59. The van der Waals surface area contributed by atoms with Crippen LogP contribution in [0, 0.1) is 11.8 Å². The number of benzene rings is 2. The second-order valence-electron chi connectivity index (χ2n) is 10.0. The third-order valence-corrected chi connectivity index (χ3v) is 7.92. The summed E-state index contributed by atoms with van der Waals surface area (Å²) in [5, 5.41) is 45.3. The summed E-state index contributed by atoms with van der Waals surface area (Å²) < 4.78 is 34.0. The smallest absolute Gasteiger partial charge is 0.222 e. The van der Waals surface area contributed by atoms with E-state index in [1.165, 1.54) is 39.5 Å². The Morgan fingerprint density at radius 3 is 2.40 bits per heavy atom. The second-order valence-corrected chi connectivity index (χ2v) is 10.0. The summed E-state index contributed by atoms with van der Waals surface area (Å²) in [5.74, 6) is -3.24. The molecule has 1 aliphatic heterocycles. The normalized spacial score (nSPS) is 26.1. The fraction of sp³-hybridized carbons (Fsp3) is 0.400. The van der Waals surface area contributed by atoms with Crippen LogP contribution in [-0.2, 0) is 21.7 Å². The molecule has 2 aliphatic rings. The summed E-state index contributed by atoms with van der Waals surface area (Å²) in [4.78, 5) is 0. The van der Waals surface area contributed by atoms with Gasteiger partial charge in [0.05, 0.1) is 58.1 Å². The van der Waals surface area contributed by atoms with Crippen molar-refractivity contribution in [1.29, 1.82) is 0 Å². The van der Waals surface area contributed by atoms with Crippen molar-refractivity contribution in [3.05, 3.63) is 83.8 Å². The van der Waals surface area contributed by atoms with Gasteiger partial charge in [0.2, 0.25) is 11.5 Å². The molecule has 10 heteroatoms. The van der Waals surface area contributed by atoms with Gasteiger partial charge in [-0.1, -0.05) is 24.3 Å². The van der Waals surface area contributed by atoms with Crippen LogP contribution >= 0.6 is 0 Å². The minimum absolute atomic E-state index is 0.0970. The van der Waals surface area contributed by atoms with E-state index in [9.17, 15) is 20.4 Å². The molecule has 0 amide bonds. The summed E-state index contributed by atoms with van der Waals surface area (Å²) in [6.07, 6.45) is 4.83. The van der Waals surface area contributed by atoms with Crippen molar-refractivity contribution in [3.8, 4) is 23.0 Å². The van der Waals surface area contributed by atoms with E-state index in [0.717, 1.165) is 11.1 Å². The molecule has 4 N–H and O–H groups in total. The number of phenolic OH excluding ortho intramolecular Hbond substituents is 1. The summed E-state index contributed by atoms with van der Waals surface area (Å²) in [7, 11) is 4.25. The van der Waals surface area contributed by atoms with E-state index in [-0.39, 0.29) is 30.3 Å². The summed E-state index contributed by atoms with van der Waals surface area (Å²) in [5.41, 5.74) is 0.249. The predicted molar refractivity (Wildman–Crippen MR) is 142 cm³/mol. The van der Waals surface area contributed by atoms with Crippen LogP contribution in [0.25, 0.3) is 0 Å². The first-order valence-corrected chi connectivity index (χ1v) is 12.9. The third kappa shape index (κ3) is 4.71. The number of hydrogen-bond donors (Lipinski definition) is 4. The van der Waals surface area contributed by atoms with E-state index in [1.54, 1.807) is 42.9 Å². The van der Waals surface area contributed by atoms with E-state index < -0.39 is 42.0 Å². The molecule has 0 radical (unpaired) electrons. The summed E-state index contributed by atoms with van der Waals surface area (Å²) in [6, 6.07) is 11.8. The van der Waals surface area contributed by atoms with E-state index >= 15 is 0 Å². The van der Waals surface area contributed by atoms with Crippen LogP contribution in [0.5, 0.6) is 23.0 Å². The van der Waals surface area contributed by atoms with Crippen molar-refractivity contribution >= 4 is 0 Å². The van der Waals surface area contributed by atoms with Crippen molar-refractivity contribution in [1.82, 2.24) is 0 Å². The van der Waals surface area contributed by atoms with E-state index in [2.05, 4.69) is 0 Å². The number of aliphatic hydroxyl groups is 3. The molecular weight excluding hydrogens is 520 g/mol. The molecule has 1 aromatic heterocycles. The highest BCUT2D eigenvalue weighted by molar-refractivity contribution is 5.55. The number of phenols is 1. The quantitative estimate of drug-likeness (QED) is 0.218. The van der Waals surface area contributed by atoms with Crippen molar-refractivity contribution < 1.29 is 48.5 Å². The monoisotopic (exact) mass is 554 g/mol. The zero-order chi connectivity index (χ0) is 28.5. The molecule has 40 heavy (non-hydrogen) atoms. The Hall–Kier alpha value is -3.54. The highest BCUT2D eigenvalue weighted by Crippen LogP contribution is 2.50. The summed E-state index contributed by atoms with van der Waals surface area (Å²) in [6.45, 7) is -0.183. The van der Waals surface area contributed by atoms with E-state index in [0.29, 0.717) is 11.3 Å². The molecule has 214 valence electrons. The molecule has 0 fully saturated rings. The maximum absolute atomic E-state index is 12.4. The van der Waals surface area contributed by atoms with Gasteiger partial charge in [0.1, 0.15) is 11.4 Å². The highest BCUT2D eigenvalue weighted by Gasteiger charge is 2.55. The molecule has 1 aliphatic carbocycles. The maximum Gasteiger partial charge on any atom is 0.222 e. The van der Waals surface area contributed by atoms with Gasteiger partial charge in [-0.15, -0.1) is 0 Å². The Kier molecular flexibility index (Phi) is 7.80. The van der Waals surface area contributed by atoms with Gasteiger partial charge in [0.15, 0.2) is 11.5 Å². The number of hydrogen-bond acceptors (Lipinski definition) is 10. The van der Waals surface area contributed by atoms with Crippen molar-refractivity contribution in [2.75, 3.05) is 27.9 Å². The minimum Gasteiger partial charge on any atom is -0.502 e.